The highest BCUT2D eigenvalue weighted by atomic mass is 32.2. The van der Waals surface area contributed by atoms with Gasteiger partial charge in [-0.2, -0.15) is 0 Å². The van der Waals surface area contributed by atoms with Crippen LogP contribution in [0.2, 0.25) is 0 Å². The maximum atomic E-state index is 12.0. The van der Waals surface area contributed by atoms with E-state index in [2.05, 4.69) is 19.2 Å². The lowest BCUT2D eigenvalue weighted by Gasteiger charge is -2.13. The van der Waals surface area contributed by atoms with Gasteiger partial charge in [-0.05, 0) is 18.4 Å². The number of carbonyl (C=O) groups is 1. The van der Waals surface area contributed by atoms with Crippen LogP contribution >= 0.6 is 11.3 Å². The van der Waals surface area contributed by atoms with Crippen LogP contribution in [0.4, 0.5) is 0 Å². The smallest absolute Gasteiger partial charge is 0.252 e. The van der Waals surface area contributed by atoms with Crippen LogP contribution in [0.3, 0.4) is 0 Å². The van der Waals surface area contributed by atoms with E-state index in [4.69, 9.17) is 5.14 Å². The molecule has 0 saturated carbocycles. The van der Waals surface area contributed by atoms with Crippen molar-refractivity contribution in [3.63, 3.8) is 0 Å². The van der Waals surface area contributed by atoms with Gasteiger partial charge in [0.15, 0.2) is 0 Å². The zero-order chi connectivity index (χ0) is 14.6. The molecule has 19 heavy (non-hydrogen) atoms. The molecular weight excluding hydrogens is 284 g/mol. The summed E-state index contributed by atoms with van der Waals surface area (Å²) in [5.74, 6) is 0.205. The molecule has 1 aromatic rings. The minimum atomic E-state index is -3.75. The van der Waals surface area contributed by atoms with Gasteiger partial charge in [-0.1, -0.05) is 26.7 Å². The fraction of sp³-hybridized carbons (Fsp3) is 0.583. The number of primary sulfonamides is 1. The van der Waals surface area contributed by atoms with E-state index >= 15 is 0 Å². The predicted molar refractivity (Wildman–Crippen MR) is 76.8 cm³/mol. The summed E-state index contributed by atoms with van der Waals surface area (Å²) < 4.78 is 22.7. The van der Waals surface area contributed by atoms with E-state index in [0.29, 0.717) is 23.6 Å². The zero-order valence-corrected chi connectivity index (χ0v) is 13.0. The maximum absolute atomic E-state index is 12.0. The van der Waals surface area contributed by atoms with E-state index < -0.39 is 10.0 Å². The van der Waals surface area contributed by atoms with E-state index in [-0.39, 0.29) is 10.1 Å². The Morgan fingerprint density at radius 1 is 1.42 bits per heavy atom. The highest BCUT2D eigenvalue weighted by Crippen LogP contribution is 2.25. The third-order valence-corrected chi connectivity index (χ3v) is 5.89. The van der Waals surface area contributed by atoms with Crippen molar-refractivity contribution in [1.82, 2.24) is 5.32 Å². The number of hydrogen-bond acceptors (Lipinski definition) is 4. The van der Waals surface area contributed by atoms with Crippen LogP contribution in [0.1, 0.15) is 42.6 Å². The molecule has 0 unspecified atom stereocenters. The average molecular weight is 304 g/mol. The third-order valence-electron chi connectivity index (χ3n) is 3.20. The molecule has 0 radical (unpaired) electrons. The van der Waals surface area contributed by atoms with Crippen molar-refractivity contribution in [1.29, 1.82) is 0 Å². The second-order valence-electron chi connectivity index (χ2n) is 4.50. The average Bonchev–Trinajstić information content (AvgIpc) is 2.72. The highest BCUT2D eigenvalue weighted by Gasteiger charge is 2.21. The first-order valence-electron chi connectivity index (χ1n) is 6.20. The summed E-state index contributed by atoms with van der Waals surface area (Å²) in [6.07, 6.45) is 2.00. The van der Waals surface area contributed by atoms with Gasteiger partial charge >= 0.3 is 0 Å². The van der Waals surface area contributed by atoms with Crippen molar-refractivity contribution in [3.05, 3.63) is 16.5 Å². The SMILES string of the molecule is CCC(CC)CNC(=O)c1csc(S(N)(=O)=O)c1C. The Bertz CT molecular complexity index is 545. The minimum Gasteiger partial charge on any atom is -0.352 e. The van der Waals surface area contributed by atoms with Crippen molar-refractivity contribution in [2.75, 3.05) is 6.54 Å². The Kier molecular flexibility index (Phi) is 5.51. The number of rotatable bonds is 6. The fourth-order valence-electron chi connectivity index (χ4n) is 1.81. The Hall–Kier alpha value is -0.920. The topological polar surface area (TPSA) is 89.3 Å². The minimum absolute atomic E-state index is 0.0557. The number of sulfonamides is 1. The molecule has 0 spiro atoms. The van der Waals surface area contributed by atoms with Gasteiger partial charge in [0.05, 0.1) is 5.56 Å². The number of carbonyl (C=O) groups excluding carboxylic acids is 1. The largest absolute Gasteiger partial charge is 0.352 e. The van der Waals surface area contributed by atoms with E-state index in [9.17, 15) is 13.2 Å². The summed E-state index contributed by atoms with van der Waals surface area (Å²) in [4.78, 5) is 12.0. The van der Waals surface area contributed by atoms with Crippen molar-refractivity contribution in [3.8, 4) is 0 Å². The normalized spacial score (nSPS) is 11.8. The van der Waals surface area contributed by atoms with Gasteiger partial charge in [-0.25, -0.2) is 13.6 Å². The molecule has 108 valence electrons. The molecule has 3 N–H and O–H groups in total. The van der Waals surface area contributed by atoms with Crippen molar-refractivity contribution >= 4 is 27.3 Å². The lowest BCUT2D eigenvalue weighted by molar-refractivity contribution is 0.0946. The van der Waals surface area contributed by atoms with Gasteiger partial charge in [-0.15, -0.1) is 11.3 Å². The summed E-state index contributed by atoms with van der Waals surface area (Å²) in [5, 5.41) is 9.46. The lowest BCUT2D eigenvalue weighted by atomic mass is 10.0. The van der Waals surface area contributed by atoms with Crippen molar-refractivity contribution in [2.45, 2.75) is 37.8 Å². The van der Waals surface area contributed by atoms with Crippen LogP contribution in [0.15, 0.2) is 9.59 Å². The highest BCUT2D eigenvalue weighted by molar-refractivity contribution is 7.91. The number of amides is 1. The maximum Gasteiger partial charge on any atom is 0.252 e. The van der Waals surface area contributed by atoms with Crippen molar-refractivity contribution in [2.24, 2.45) is 11.1 Å². The van der Waals surface area contributed by atoms with Crippen LogP contribution < -0.4 is 10.5 Å². The quantitative estimate of drug-likeness (QED) is 0.840. The molecule has 5 nitrogen and oxygen atoms in total. The molecule has 1 heterocycles. The molecule has 0 aromatic carbocycles. The lowest BCUT2D eigenvalue weighted by Crippen LogP contribution is -2.29. The first-order chi connectivity index (χ1) is 8.81. The molecule has 0 atom stereocenters. The summed E-state index contributed by atoms with van der Waals surface area (Å²) in [6, 6.07) is 0. The molecule has 0 aliphatic rings. The van der Waals surface area contributed by atoms with E-state index in [1.54, 1.807) is 6.92 Å². The first-order valence-corrected chi connectivity index (χ1v) is 8.62. The molecule has 7 heteroatoms. The van der Waals surface area contributed by atoms with Gasteiger partial charge in [-0.3, -0.25) is 4.79 Å². The Morgan fingerprint density at radius 2 is 2.00 bits per heavy atom. The molecule has 0 bridgehead atoms. The van der Waals surface area contributed by atoms with Crippen LogP contribution in [0, 0.1) is 12.8 Å². The predicted octanol–water partition coefficient (Wildman–Crippen LogP) is 1.87. The van der Waals surface area contributed by atoms with Gasteiger partial charge in [0.1, 0.15) is 4.21 Å². The molecule has 0 aliphatic carbocycles. The summed E-state index contributed by atoms with van der Waals surface area (Å²) >= 11 is 0.983. The second-order valence-corrected chi connectivity index (χ2v) is 7.14. The molecule has 0 fully saturated rings. The molecular formula is C12H20N2O3S2. The summed E-state index contributed by atoms with van der Waals surface area (Å²) in [7, 11) is -3.75. The molecule has 1 rings (SSSR count). The number of nitrogens with one attached hydrogen (secondary N) is 1. The summed E-state index contributed by atoms with van der Waals surface area (Å²) in [5.41, 5.74) is 0.814. The molecule has 1 aromatic heterocycles. The monoisotopic (exact) mass is 304 g/mol. The fourth-order valence-corrected chi connectivity index (χ4v) is 3.83. The van der Waals surface area contributed by atoms with Crippen LogP contribution in [-0.4, -0.2) is 20.9 Å². The summed E-state index contributed by atoms with van der Waals surface area (Å²) in [6.45, 7) is 6.36. The molecule has 0 aliphatic heterocycles. The number of hydrogen-bond donors (Lipinski definition) is 2. The molecule has 0 saturated heterocycles. The van der Waals surface area contributed by atoms with Gasteiger partial charge in [0, 0.05) is 11.9 Å². The number of thiophene rings is 1. The molecule has 1 amide bonds. The zero-order valence-electron chi connectivity index (χ0n) is 11.4. The Balaban J connectivity index is 2.82. The van der Waals surface area contributed by atoms with E-state index in [1.165, 1.54) is 5.38 Å². The van der Waals surface area contributed by atoms with Gasteiger partial charge < -0.3 is 5.32 Å². The van der Waals surface area contributed by atoms with Crippen LogP contribution in [-0.2, 0) is 10.0 Å². The van der Waals surface area contributed by atoms with Crippen molar-refractivity contribution < 1.29 is 13.2 Å². The van der Waals surface area contributed by atoms with Gasteiger partial charge in [0.2, 0.25) is 10.0 Å². The Morgan fingerprint density at radius 3 is 2.42 bits per heavy atom. The Labute approximate surface area is 118 Å². The van der Waals surface area contributed by atoms with E-state index in [0.717, 1.165) is 24.2 Å². The van der Waals surface area contributed by atoms with Crippen LogP contribution in [0.25, 0.3) is 0 Å². The van der Waals surface area contributed by atoms with Gasteiger partial charge in [0.25, 0.3) is 5.91 Å². The standard InChI is InChI=1S/C12H20N2O3S2/c1-4-9(5-2)6-14-11(15)10-7-18-12(8(10)3)19(13,16)17/h7,9H,4-6H2,1-3H3,(H,14,15)(H2,13,16,17). The first kappa shape index (κ1) is 16.1. The van der Waals surface area contributed by atoms with Crippen LogP contribution in [0.5, 0.6) is 0 Å². The third kappa shape index (κ3) is 4.02. The van der Waals surface area contributed by atoms with E-state index in [1.807, 2.05) is 0 Å². The number of nitrogens with two attached hydrogens (primary N) is 1. The second kappa shape index (κ2) is 6.49.